The molecule has 2 aromatic carbocycles. The molecule has 0 aliphatic rings. The number of hydrogen-bond donors (Lipinski definition) is 2. The van der Waals surface area contributed by atoms with E-state index in [9.17, 15) is 20.0 Å². The first kappa shape index (κ1) is 20.2. The molecule has 0 atom stereocenters. The van der Waals surface area contributed by atoms with E-state index in [4.69, 9.17) is 16.3 Å². The lowest BCUT2D eigenvalue weighted by Crippen LogP contribution is -2.25. The van der Waals surface area contributed by atoms with Crippen molar-refractivity contribution in [2.75, 3.05) is 6.61 Å². The van der Waals surface area contributed by atoms with E-state index in [0.29, 0.717) is 5.75 Å². The SMILES string of the molecule is Cc1ccc(C)c(OCC(=O)N/N=C/c2cc(Cl)cc([N+](=O)[O-])c2O)c1C. The highest BCUT2D eigenvalue weighted by atomic mass is 35.5. The first-order valence-corrected chi connectivity index (χ1v) is 8.27. The first-order valence-electron chi connectivity index (χ1n) is 7.89. The molecule has 0 unspecified atom stereocenters. The van der Waals surface area contributed by atoms with Crippen LogP contribution in [0.15, 0.2) is 29.4 Å². The number of halogens is 1. The molecule has 142 valence electrons. The Morgan fingerprint density at radius 3 is 2.67 bits per heavy atom. The van der Waals surface area contributed by atoms with Crippen LogP contribution in [0.1, 0.15) is 22.3 Å². The fourth-order valence-corrected chi connectivity index (χ4v) is 2.56. The Hall–Kier alpha value is -3.13. The quantitative estimate of drug-likeness (QED) is 0.445. The summed E-state index contributed by atoms with van der Waals surface area (Å²) in [7, 11) is 0. The van der Waals surface area contributed by atoms with Gasteiger partial charge >= 0.3 is 5.69 Å². The van der Waals surface area contributed by atoms with Gasteiger partial charge in [-0.25, -0.2) is 5.43 Å². The normalized spacial score (nSPS) is 10.8. The van der Waals surface area contributed by atoms with E-state index in [0.717, 1.165) is 29.0 Å². The second kappa shape index (κ2) is 8.50. The molecule has 0 bridgehead atoms. The third-order valence-electron chi connectivity index (χ3n) is 3.89. The minimum absolute atomic E-state index is 0.000733. The summed E-state index contributed by atoms with van der Waals surface area (Å²) >= 11 is 5.78. The van der Waals surface area contributed by atoms with Crippen molar-refractivity contribution in [2.45, 2.75) is 20.8 Å². The standard InChI is InChI=1S/C18H18ClN3O5/c1-10-4-5-11(2)18(12(10)3)27-9-16(23)21-20-8-13-6-14(19)7-15(17(13)24)22(25)26/h4-8,24H,9H2,1-3H3,(H,21,23)/b20-8+. The number of aryl methyl sites for hydroxylation is 2. The molecule has 8 nitrogen and oxygen atoms in total. The second-order valence-electron chi connectivity index (χ2n) is 5.86. The van der Waals surface area contributed by atoms with Crippen molar-refractivity contribution in [1.82, 2.24) is 5.43 Å². The minimum atomic E-state index is -0.766. The summed E-state index contributed by atoms with van der Waals surface area (Å²) in [6.45, 7) is 5.47. The molecule has 0 aliphatic carbocycles. The zero-order valence-electron chi connectivity index (χ0n) is 14.9. The molecule has 2 aromatic rings. The molecule has 0 radical (unpaired) electrons. The fraction of sp³-hybridized carbons (Fsp3) is 0.222. The van der Waals surface area contributed by atoms with Crippen LogP contribution in [0, 0.1) is 30.9 Å². The molecule has 2 N–H and O–H groups in total. The number of nitrogens with one attached hydrogen (secondary N) is 1. The van der Waals surface area contributed by atoms with E-state index in [-0.39, 0.29) is 17.2 Å². The number of hydrazone groups is 1. The number of carbonyl (C=O) groups is 1. The predicted molar refractivity (Wildman–Crippen MR) is 102 cm³/mol. The Kier molecular flexibility index (Phi) is 6.36. The van der Waals surface area contributed by atoms with Crippen LogP contribution < -0.4 is 10.2 Å². The lowest BCUT2D eigenvalue weighted by Gasteiger charge is -2.13. The highest BCUT2D eigenvalue weighted by Crippen LogP contribution is 2.32. The van der Waals surface area contributed by atoms with E-state index >= 15 is 0 Å². The largest absolute Gasteiger partial charge is 0.502 e. The van der Waals surface area contributed by atoms with Crippen molar-refractivity contribution in [3.8, 4) is 11.5 Å². The van der Waals surface area contributed by atoms with Crippen LogP contribution in [0.25, 0.3) is 0 Å². The van der Waals surface area contributed by atoms with Gasteiger partial charge in [-0.05, 0) is 43.5 Å². The van der Waals surface area contributed by atoms with Gasteiger partial charge in [0.25, 0.3) is 5.91 Å². The number of nitrogens with zero attached hydrogens (tertiary/aromatic N) is 2. The molecular formula is C18H18ClN3O5. The van der Waals surface area contributed by atoms with Crippen molar-refractivity contribution in [3.05, 3.63) is 61.7 Å². The smallest absolute Gasteiger partial charge is 0.312 e. The van der Waals surface area contributed by atoms with Crippen LogP contribution in [-0.2, 0) is 4.79 Å². The highest BCUT2D eigenvalue weighted by molar-refractivity contribution is 6.31. The van der Waals surface area contributed by atoms with Gasteiger partial charge < -0.3 is 9.84 Å². The van der Waals surface area contributed by atoms with Crippen LogP contribution >= 0.6 is 11.6 Å². The third-order valence-corrected chi connectivity index (χ3v) is 4.11. The van der Waals surface area contributed by atoms with Crippen molar-refractivity contribution in [3.63, 3.8) is 0 Å². The number of aromatic hydroxyl groups is 1. The number of nitro groups is 1. The molecule has 0 saturated heterocycles. The monoisotopic (exact) mass is 391 g/mol. The number of benzene rings is 2. The Morgan fingerprint density at radius 1 is 1.33 bits per heavy atom. The molecule has 27 heavy (non-hydrogen) atoms. The highest BCUT2D eigenvalue weighted by Gasteiger charge is 2.17. The van der Waals surface area contributed by atoms with Gasteiger partial charge in [0.2, 0.25) is 5.75 Å². The van der Waals surface area contributed by atoms with Gasteiger partial charge in [-0.15, -0.1) is 0 Å². The molecule has 0 spiro atoms. The first-order chi connectivity index (χ1) is 12.7. The van der Waals surface area contributed by atoms with E-state index in [1.54, 1.807) is 0 Å². The molecule has 0 saturated carbocycles. The van der Waals surface area contributed by atoms with Crippen LogP contribution in [0.4, 0.5) is 5.69 Å². The molecule has 0 aliphatic heterocycles. The van der Waals surface area contributed by atoms with E-state index in [2.05, 4.69) is 10.5 Å². The van der Waals surface area contributed by atoms with E-state index < -0.39 is 22.3 Å². The molecule has 1 amide bonds. The average molecular weight is 392 g/mol. The number of amides is 1. The zero-order valence-corrected chi connectivity index (χ0v) is 15.7. The van der Waals surface area contributed by atoms with Crippen LogP contribution in [0.5, 0.6) is 11.5 Å². The van der Waals surface area contributed by atoms with Crippen molar-refractivity contribution < 1.29 is 19.6 Å². The molecule has 0 heterocycles. The lowest BCUT2D eigenvalue weighted by molar-refractivity contribution is -0.385. The van der Waals surface area contributed by atoms with Crippen LogP contribution in [0.2, 0.25) is 5.02 Å². The van der Waals surface area contributed by atoms with Crippen LogP contribution in [0.3, 0.4) is 0 Å². The number of ether oxygens (including phenoxy) is 1. The van der Waals surface area contributed by atoms with Gasteiger partial charge in [-0.1, -0.05) is 23.7 Å². The van der Waals surface area contributed by atoms with Gasteiger partial charge in [0.05, 0.1) is 11.1 Å². The number of carbonyl (C=O) groups excluding carboxylic acids is 1. The number of phenolic OH excluding ortho intramolecular Hbond substituents is 1. The maximum atomic E-state index is 11.9. The summed E-state index contributed by atoms with van der Waals surface area (Å²) in [6, 6.07) is 6.18. The maximum Gasteiger partial charge on any atom is 0.312 e. The van der Waals surface area contributed by atoms with Gasteiger partial charge in [0.15, 0.2) is 6.61 Å². The predicted octanol–water partition coefficient (Wildman–Crippen LogP) is 3.41. The Labute approximate surface area is 160 Å². The summed E-state index contributed by atoms with van der Waals surface area (Å²) in [5.74, 6) is -0.482. The minimum Gasteiger partial charge on any atom is -0.502 e. The second-order valence-corrected chi connectivity index (χ2v) is 6.29. The summed E-state index contributed by atoms with van der Waals surface area (Å²) in [5.41, 5.74) is 4.58. The van der Waals surface area contributed by atoms with E-state index in [1.807, 2.05) is 32.9 Å². The fourth-order valence-electron chi connectivity index (χ4n) is 2.33. The summed E-state index contributed by atoms with van der Waals surface area (Å²) < 4.78 is 5.56. The van der Waals surface area contributed by atoms with Crippen molar-refractivity contribution in [2.24, 2.45) is 5.10 Å². The molecular weight excluding hydrogens is 374 g/mol. The lowest BCUT2D eigenvalue weighted by atomic mass is 10.1. The summed E-state index contributed by atoms with van der Waals surface area (Å²) in [5, 5.41) is 24.5. The summed E-state index contributed by atoms with van der Waals surface area (Å²) in [6.07, 6.45) is 1.06. The maximum absolute atomic E-state index is 11.9. The Balaban J connectivity index is 2.02. The molecule has 9 heteroatoms. The summed E-state index contributed by atoms with van der Waals surface area (Å²) in [4.78, 5) is 22.0. The molecule has 2 rings (SSSR count). The van der Waals surface area contributed by atoms with Gasteiger partial charge in [-0.2, -0.15) is 5.10 Å². The molecule has 0 fully saturated rings. The topological polar surface area (TPSA) is 114 Å². The third kappa shape index (κ3) is 4.95. The number of phenols is 1. The van der Waals surface area contributed by atoms with E-state index in [1.165, 1.54) is 6.07 Å². The zero-order chi connectivity index (χ0) is 20.1. The molecule has 0 aromatic heterocycles. The van der Waals surface area contributed by atoms with Crippen molar-refractivity contribution >= 4 is 29.4 Å². The van der Waals surface area contributed by atoms with Crippen LogP contribution in [-0.4, -0.2) is 28.8 Å². The van der Waals surface area contributed by atoms with Crippen molar-refractivity contribution in [1.29, 1.82) is 0 Å². The van der Waals surface area contributed by atoms with Gasteiger partial charge in [-0.3, -0.25) is 14.9 Å². The Morgan fingerprint density at radius 2 is 2.00 bits per heavy atom. The van der Waals surface area contributed by atoms with Gasteiger partial charge in [0, 0.05) is 16.7 Å². The number of rotatable bonds is 6. The number of nitro benzene ring substituents is 1. The Bertz CT molecular complexity index is 928. The average Bonchev–Trinajstić information content (AvgIpc) is 2.60. The van der Waals surface area contributed by atoms with Gasteiger partial charge in [0.1, 0.15) is 5.75 Å². The number of hydrogen-bond acceptors (Lipinski definition) is 6.